The highest BCUT2D eigenvalue weighted by molar-refractivity contribution is 5.95. The number of rotatable bonds is 5. The molecule has 0 radical (unpaired) electrons. The Kier molecular flexibility index (Phi) is 6.79. The summed E-state index contributed by atoms with van der Waals surface area (Å²) >= 11 is 0. The van der Waals surface area contributed by atoms with E-state index >= 15 is 0 Å². The molecule has 1 amide bonds. The Bertz CT molecular complexity index is 1220. The number of hydrogen-bond acceptors (Lipinski definition) is 6. The summed E-state index contributed by atoms with van der Waals surface area (Å²) < 4.78 is 6.41. The van der Waals surface area contributed by atoms with Crippen LogP contribution in [0.2, 0.25) is 0 Å². The van der Waals surface area contributed by atoms with Crippen molar-refractivity contribution in [2.45, 2.75) is 102 Å². The molecule has 1 heterocycles. The van der Waals surface area contributed by atoms with Crippen LogP contribution in [-0.2, 0) is 16.0 Å². The van der Waals surface area contributed by atoms with Gasteiger partial charge in [0.1, 0.15) is 0 Å². The molecule has 5 aliphatic carbocycles. The predicted octanol–water partition coefficient (Wildman–Crippen LogP) is 5.27. The van der Waals surface area contributed by atoms with Gasteiger partial charge in [-0.1, -0.05) is 6.92 Å². The molecule has 7 rings (SSSR count). The fourth-order valence-electron chi connectivity index (χ4n) is 11.7. The molecule has 1 aliphatic heterocycles. The van der Waals surface area contributed by atoms with Crippen LogP contribution in [0.5, 0.6) is 0 Å². The lowest BCUT2D eigenvalue weighted by Crippen LogP contribution is -2.62. The van der Waals surface area contributed by atoms with Gasteiger partial charge in [-0.2, -0.15) is 0 Å². The van der Waals surface area contributed by atoms with E-state index in [9.17, 15) is 25.1 Å². The predicted molar refractivity (Wildman–Crippen MR) is 154 cm³/mol. The minimum atomic E-state index is -0.374. The molecule has 8 heteroatoms. The summed E-state index contributed by atoms with van der Waals surface area (Å²) in [4.78, 5) is 26.1. The number of nitro benzene ring substituents is 1. The first-order chi connectivity index (χ1) is 19.7. The molecule has 6 aliphatic rings. The number of anilines is 1. The van der Waals surface area contributed by atoms with E-state index in [0.29, 0.717) is 54.9 Å². The monoisotopic (exact) mass is 566 g/mol. The fraction of sp³-hybridized carbons (Fsp3) is 0.788. The van der Waals surface area contributed by atoms with Crippen molar-refractivity contribution in [1.82, 2.24) is 0 Å². The number of methoxy groups -OCH3 is 1. The fourth-order valence-corrected chi connectivity index (χ4v) is 11.7. The maximum atomic E-state index is 13.4. The molecular weight excluding hydrogens is 520 g/mol. The van der Waals surface area contributed by atoms with Gasteiger partial charge in [-0.3, -0.25) is 14.9 Å². The molecule has 2 N–H and O–H groups in total. The summed E-state index contributed by atoms with van der Waals surface area (Å²) in [5.41, 5.74) is 2.06. The van der Waals surface area contributed by atoms with Gasteiger partial charge >= 0.3 is 0 Å². The number of non-ortho nitro benzene ring substituents is 1. The van der Waals surface area contributed by atoms with Gasteiger partial charge in [0.05, 0.1) is 23.2 Å². The van der Waals surface area contributed by atoms with E-state index < -0.39 is 0 Å². The first-order valence-corrected chi connectivity index (χ1v) is 16.1. The summed E-state index contributed by atoms with van der Waals surface area (Å²) in [5.74, 6) is 2.76. The quantitative estimate of drug-likeness (QED) is 0.371. The van der Waals surface area contributed by atoms with Crippen molar-refractivity contribution in [3.05, 3.63) is 33.9 Å². The molecule has 224 valence electrons. The summed E-state index contributed by atoms with van der Waals surface area (Å²) in [5, 5.41) is 33.3. The Morgan fingerprint density at radius 1 is 1.10 bits per heavy atom. The van der Waals surface area contributed by atoms with E-state index in [1.54, 1.807) is 12.1 Å². The summed E-state index contributed by atoms with van der Waals surface area (Å²) in [6.07, 6.45) is 10.8. The molecular formula is C33H46N2O6. The zero-order valence-electron chi connectivity index (χ0n) is 24.5. The third-order valence-corrected chi connectivity index (χ3v) is 13.5. The van der Waals surface area contributed by atoms with E-state index in [0.717, 1.165) is 75.5 Å². The highest BCUT2D eigenvalue weighted by atomic mass is 16.6. The Morgan fingerprint density at radius 2 is 1.90 bits per heavy atom. The van der Waals surface area contributed by atoms with Gasteiger partial charge < -0.3 is 19.8 Å². The van der Waals surface area contributed by atoms with Gasteiger partial charge in [0.2, 0.25) is 5.91 Å². The summed E-state index contributed by atoms with van der Waals surface area (Å²) in [6.45, 7) is 3.04. The third-order valence-electron chi connectivity index (χ3n) is 13.5. The van der Waals surface area contributed by atoms with Crippen LogP contribution < -0.4 is 4.90 Å². The Morgan fingerprint density at radius 3 is 2.68 bits per heavy atom. The van der Waals surface area contributed by atoms with Crippen molar-refractivity contribution < 1.29 is 24.7 Å². The van der Waals surface area contributed by atoms with Crippen molar-refractivity contribution in [3.63, 3.8) is 0 Å². The van der Waals surface area contributed by atoms with Crippen LogP contribution in [0.1, 0.15) is 83.1 Å². The number of nitrogens with zero attached hydrogens (tertiary/aromatic N) is 2. The van der Waals surface area contributed by atoms with E-state index in [1.165, 1.54) is 6.07 Å². The first-order valence-electron chi connectivity index (χ1n) is 16.1. The van der Waals surface area contributed by atoms with Crippen LogP contribution in [0.15, 0.2) is 18.2 Å². The van der Waals surface area contributed by atoms with Crippen molar-refractivity contribution in [3.8, 4) is 0 Å². The average molecular weight is 567 g/mol. The van der Waals surface area contributed by atoms with Gasteiger partial charge in [0.15, 0.2) is 0 Å². The molecule has 0 aromatic heterocycles. The van der Waals surface area contributed by atoms with Gasteiger partial charge in [0, 0.05) is 43.3 Å². The van der Waals surface area contributed by atoms with Crippen LogP contribution in [0.4, 0.5) is 11.4 Å². The number of hydrogen-bond donors (Lipinski definition) is 2. The normalized spacial score (nSPS) is 44.5. The summed E-state index contributed by atoms with van der Waals surface area (Å²) in [7, 11) is 1.89. The Labute approximate surface area is 243 Å². The van der Waals surface area contributed by atoms with Crippen LogP contribution in [0, 0.1) is 56.5 Å². The molecule has 5 saturated carbocycles. The van der Waals surface area contributed by atoms with E-state index in [2.05, 4.69) is 6.92 Å². The topological polar surface area (TPSA) is 113 Å². The smallest absolute Gasteiger partial charge is 0.269 e. The van der Waals surface area contributed by atoms with E-state index in [4.69, 9.17) is 4.74 Å². The van der Waals surface area contributed by atoms with Crippen molar-refractivity contribution in [2.24, 2.45) is 46.3 Å². The zero-order valence-corrected chi connectivity index (χ0v) is 24.5. The number of ether oxygens (including phenoxy) is 1. The maximum Gasteiger partial charge on any atom is 0.269 e. The lowest BCUT2D eigenvalue weighted by molar-refractivity contribution is -0.384. The Balaban J connectivity index is 1.07. The number of aliphatic hydroxyl groups excluding tert-OH is 2. The first kappa shape index (κ1) is 27.8. The second-order valence-corrected chi connectivity index (χ2v) is 14.7. The zero-order chi connectivity index (χ0) is 28.7. The summed E-state index contributed by atoms with van der Waals surface area (Å²) in [6, 6.07) is 4.85. The van der Waals surface area contributed by atoms with Crippen LogP contribution in [0.3, 0.4) is 0 Å². The van der Waals surface area contributed by atoms with Crippen LogP contribution in [-0.4, -0.2) is 53.0 Å². The standard InChI is InChI=1S/C33H46N2O6/c1-32-12-10-23(36)16-21(32)17-28(37)31-25-6-5-24-19(9-13-33(24,25)29(41-2)18-26(31)32)3-8-30(38)34-14-11-20-15-22(35(39)40)4-7-27(20)34/h4,7,15,19,21,23-26,28-29,31,36-37H,3,5-6,8-14,16-18H2,1-2H3/t19-,21-,23+,24+,25-,26-,28+,29-,31-,32-,33+/m0/s1. The van der Waals surface area contributed by atoms with Gasteiger partial charge in [-0.15, -0.1) is 0 Å². The minimum absolute atomic E-state index is 0.0844. The maximum absolute atomic E-state index is 13.4. The molecule has 1 aromatic rings. The molecule has 1 spiro atoms. The molecule has 0 saturated heterocycles. The molecule has 41 heavy (non-hydrogen) atoms. The highest BCUT2D eigenvalue weighted by Crippen LogP contribution is 2.72. The van der Waals surface area contributed by atoms with Gasteiger partial charge in [-0.05, 0) is 123 Å². The molecule has 5 fully saturated rings. The molecule has 11 atom stereocenters. The molecule has 1 aromatic carbocycles. The number of carbonyl (C=O) groups excluding carboxylic acids is 1. The second-order valence-electron chi connectivity index (χ2n) is 14.7. The van der Waals surface area contributed by atoms with Crippen LogP contribution in [0.25, 0.3) is 0 Å². The average Bonchev–Trinajstić information content (AvgIpc) is 3.64. The van der Waals surface area contributed by atoms with Gasteiger partial charge in [0.25, 0.3) is 5.69 Å². The lowest BCUT2D eigenvalue weighted by Gasteiger charge is -2.64. The van der Waals surface area contributed by atoms with Crippen molar-refractivity contribution in [1.29, 1.82) is 0 Å². The third kappa shape index (κ3) is 4.06. The van der Waals surface area contributed by atoms with E-state index in [-0.39, 0.29) is 45.7 Å². The number of fused-ring (bicyclic) bond motifs is 5. The molecule has 8 nitrogen and oxygen atoms in total. The number of aliphatic hydroxyl groups is 2. The number of amides is 1. The number of benzene rings is 1. The van der Waals surface area contributed by atoms with E-state index in [1.807, 2.05) is 12.0 Å². The molecule has 0 unspecified atom stereocenters. The van der Waals surface area contributed by atoms with Crippen molar-refractivity contribution in [2.75, 3.05) is 18.6 Å². The largest absolute Gasteiger partial charge is 0.393 e. The highest BCUT2D eigenvalue weighted by Gasteiger charge is 2.69. The minimum Gasteiger partial charge on any atom is -0.393 e. The van der Waals surface area contributed by atoms with Crippen LogP contribution >= 0.6 is 0 Å². The second kappa shape index (κ2) is 10.0. The van der Waals surface area contributed by atoms with Crippen molar-refractivity contribution >= 4 is 17.3 Å². The lowest BCUT2D eigenvalue weighted by atomic mass is 9.43. The molecule has 0 bridgehead atoms. The number of carbonyl (C=O) groups is 1. The Hall–Kier alpha value is -2.03. The van der Waals surface area contributed by atoms with Gasteiger partial charge in [-0.25, -0.2) is 0 Å². The number of nitro groups is 1. The SMILES string of the molecule is CO[C@H]1C[C@H]2[C@@H]([C@H](O)C[C@@H]3C[C@H](O)CC[C@@]32C)[C@@H]2CC[C@@H]3[C@@H](CCC(=O)N4CCc5cc([N+](=O)[O-])ccc54)CC[C@@]132.